The second kappa shape index (κ2) is 8.50. The number of hydrogen-bond donors (Lipinski definition) is 0. The van der Waals surface area contributed by atoms with Crippen LogP contribution in [0.2, 0.25) is 0 Å². The van der Waals surface area contributed by atoms with Crippen LogP contribution in [0, 0.1) is 6.92 Å². The van der Waals surface area contributed by atoms with Gasteiger partial charge in [-0.15, -0.1) is 0 Å². The van der Waals surface area contributed by atoms with Crippen LogP contribution in [0.4, 0.5) is 0 Å². The third-order valence-electron chi connectivity index (χ3n) is 5.14. The number of amides is 1. The average Bonchev–Trinajstić information content (AvgIpc) is 3.05. The highest BCUT2D eigenvalue weighted by Crippen LogP contribution is 2.36. The fourth-order valence-electron chi connectivity index (χ4n) is 3.72. The second-order valence-electron chi connectivity index (χ2n) is 7.55. The van der Waals surface area contributed by atoms with E-state index in [2.05, 4.69) is 5.16 Å². The Hall–Kier alpha value is -1.44. The summed E-state index contributed by atoms with van der Waals surface area (Å²) in [6.07, 6.45) is 3.91. The first kappa shape index (κ1) is 19.3. The van der Waals surface area contributed by atoms with Crippen LogP contribution in [0.5, 0.6) is 0 Å². The van der Waals surface area contributed by atoms with E-state index in [0.29, 0.717) is 44.4 Å². The molecular formula is C19H30N2O5. The average molecular weight is 366 g/mol. The highest BCUT2D eigenvalue weighted by Gasteiger charge is 2.41. The Balaban J connectivity index is 1.47. The van der Waals surface area contributed by atoms with Gasteiger partial charge in [0.15, 0.2) is 5.69 Å². The number of nitrogens with zero attached hydrogens (tertiary/aromatic N) is 2. The van der Waals surface area contributed by atoms with E-state index in [1.807, 2.05) is 18.7 Å². The number of aromatic nitrogens is 1. The van der Waals surface area contributed by atoms with Gasteiger partial charge in [0, 0.05) is 32.2 Å². The minimum absolute atomic E-state index is 0.0638. The van der Waals surface area contributed by atoms with Gasteiger partial charge in [-0.25, -0.2) is 0 Å². The van der Waals surface area contributed by atoms with E-state index in [1.54, 1.807) is 13.0 Å². The largest absolute Gasteiger partial charge is 0.376 e. The van der Waals surface area contributed by atoms with Crippen molar-refractivity contribution in [2.45, 2.75) is 64.3 Å². The van der Waals surface area contributed by atoms with E-state index >= 15 is 0 Å². The van der Waals surface area contributed by atoms with Gasteiger partial charge in [-0.05, 0) is 40.0 Å². The van der Waals surface area contributed by atoms with Gasteiger partial charge < -0.3 is 23.6 Å². The number of aryl methyl sites for hydroxylation is 1. The lowest BCUT2D eigenvalue weighted by Gasteiger charge is -2.45. The van der Waals surface area contributed by atoms with Crippen LogP contribution in [0.15, 0.2) is 10.6 Å². The summed E-state index contributed by atoms with van der Waals surface area (Å²) in [6, 6.07) is 1.69. The summed E-state index contributed by atoms with van der Waals surface area (Å²) in [6.45, 7) is 9.15. The standard InChI is InChI=1S/C19H30N2O5/c1-14(2)23-10-11-24-16-4-9-25-19(13-16)5-7-21(8-6-19)18(22)17-12-15(3)26-20-17/h12,14,16H,4-11,13H2,1-3H3. The molecule has 0 aromatic carbocycles. The molecule has 1 atom stereocenters. The molecule has 1 amide bonds. The van der Waals surface area contributed by atoms with Crippen molar-refractivity contribution in [2.24, 2.45) is 0 Å². The van der Waals surface area contributed by atoms with Crippen molar-refractivity contribution in [2.75, 3.05) is 32.9 Å². The molecule has 1 aromatic rings. The van der Waals surface area contributed by atoms with Crippen LogP contribution in [0.25, 0.3) is 0 Å². The molecule has 0 saturated carbocycles. The molecule has 146 valence electrons. The third kappa shape index (κ3) is 4.84. The van der Waals surface area contributed by atoms with Gasteiger partial charge in [-0.1, -0.05) is 5.16 Å². The molecule has 3 heterocycles. The summed E-state index contributed by atoms with van der Waals surface area (Å²) in [5.41, 5.74) is 0.215. The van der Waals surface area contributed by atoms with Crippen molar-refractivity contribution in [3.05, 3.63) is 17.5 Å². The Morgan fingerprint density at radius 3 is 2.81 bits per heavy atom. The van der Waals surface area contributed by atoms with Crippen LogP contribution < -0.4 is 0 Å². The minimum Gasteiger partial charge on any atom is -0.376 e. The lowest BCUT2D eigenvalue weighted by molar-refractivity contribution is -0.156. The zero-order valence-corrected chi connectivity index (χ0v) is 16.0. The Morgan fingerprint density at radius 1 is 1.38 bits per heavy atom. The maximum atomic E-state index is 12.5. The van der Waals surface area contributed by atoms with Crippen LogP contribution >= 0.6 is 0 Å². The molecule has 2 saturated heterocycles. The van der Waals surface area contributed by atoms with Crippen LogP contribution in [-0.2, 0) is 14.2 Å². The smallest absolute Gasteiger partial charge is 0.276 e. The molecule has 0 radical (unpaired) electrons. The van der Waals surface area contributed by atoms with Gasteiger partial charge in [0.1, 0.15) is 5.76 Å². The zero-order valence-electron chi connectivity index (χ0n) is 16.0. The summed E-state index contributed by atoms with van der Waals surface area (Å²) in [7, 11) is 0. The Bertz CT molecular complexity index is 593. The van der Waals surface area contributed by atoms with Crippen molar-refractivity contribution < 1.29 is 23.5 Å². The maximum Gasteiger partial charge on any atom is 0.276 e. The molecule has 2 fully saturated rings. The van der Waals surface area contributed by atoms with E-state index < -0.39 is 0 Å². The van der Waals surface area contributed by atoms with E-state index in [-0.39, 0.29) is 23.7 Å². The number of piperidine rings is 1. The van der Waals surface area contributed by atoms with Gasteiger partial charge >= 0.3 is 0 Å². The molecule has 2 aliphatic rings. The van der Waals surface area contributed by atoms with Crippen molar-refractivity contribution in [1.29, 1.82) is 0 Å². The first-order valence-electron chi connectivity index (χ1n) is 9.57. The molecule has 1 unspecified atom stereocenters. The summed E-state index contributed by atoms with van der Waals surface area (Å²) in [5, 5.41) is 3.83. The lowest BCUT2D eigenvalue weighted by Crippen LogP contribution is -2.52. The summed E-state index contributed by atoms with van der Waals surface area (Å²) < 4.78 is 22.7. The normalized spacial score (nSPS) is 22.9. The van der Waals surface area contributed by atoms with Crippen LogP contribution in [0.1, 0.15) is 55.8 Å². The highest BCUT2D eigenvalue weighted by atomic mass is 16.5. The number of hydrogen-bond acceptors (Lipinski definition) is 6. The quantitative estimate of drug-likeness (QED) is 0.721. The van der Waals surface area contributed by atoms with Crippen molar-refractivity contribution in [1.82, 2.24) is 10.1 Å². The third-order valence-corrected chi connectivity index (χ3v) is 5.14. The monoisotopic (exact) mass is 366 g/mol. The van der Waals surface area contributed by atoms with Crippen LogP contribution in [-0.4, -0.2) is 66.7 Å². The van der Waals surface area contributed by atoms with Crippen molar-refractivity contribution in [3.63, 3.8) is 0 Å². The Morgan fingerprint density at radius 2 is 2.15 bits per heavy atom. The van der Waals surface area contributed by atoms with E-state index in [4.69, 9.17) is 18.7 Å². The first-order valence-corrected chi connectivity index (χ1v) is 9.57. The molecule has 0 aliphatic carbocycles. The number of carbonyl (C=O) groups excluding carboxylic acids is 1. The Kier molecular flexibility index (Phi) is 6.32. The van der Waals surface area contributed by atoms with E-state index in [0.717, 1.165) is 25.7 Å². The lowest BCUT2D eigenvalue weighted by atomic mass is 9.83. The minimum atomic E-state index is -0.168. The molecule has 7 heteroatoms. The van der Waals surface area contributed by atoms with Gasteiger partial charge in [0.05, 0.1) is 31.0 Å². The highest BCUT2D eigenvalue weighted by molar-refractivity contribution is 5.92. The SMILES string of the molecule is Cc1cc(C(=O)N2CCC3(CC2)CC(OCCOC(C)C)CCO3)no1. The fraction of sp³-hybridized carbons (Fsp3) is 0.789. The van der Waals surface area contributed by atoms with Crippen molar-refractivity contribution >= 4 is 5.91 Å². The molecule has 0 N–H and O–H groups in total. The predicted octanol–water partition coefficient (Wildman–Crippen LogP) is 2.58. The molecule has 1 spiro atoms. The molecule has 2 aliphatic heterocycles. The van der Waals surface area contributed by atoms with Gasteiger partial charge in [0.25, 0.3) is 5.91 Å². The summed E-state index contributed by atoms with van der Waals surface area (Å²) >= 11 is 0. The number of ether oxygens (including phenoxy) is 3. The topological polar surface area (TPSA) is 74.0 Å². The number of likely N-dealkylation sites (tertiary alicyclic amines) is 1. The van der Waals surface area contributed by atoms with Gasteiger partial charge in [0.2, 0.25) is 0 Å². The van der Waals surface area contributed by atoms with Crippen LogP contribution in [0.3, 0.4) is 0 Å². The number of rotatable bonds is 6. The Labute approximate surface area is 154 Å². The molecule has 26 heavy (non-hydrogen) atoms. The second-order valence-corrected chi connectivity index (χ2v) is 7.55. The van der Waals surface area contributed by atoms with Crippen molar-refractivity contribution in [3.8, 4) is 0 Å². The maximum absolute atomic E-state index is 12.5. The van der Waals surface area contributed by atoms with E-state index in [1.165, 1.54) is 0 Å². The molecule has 1 aromatic heterocycles. The predicted molar refractivity (Wildman–Crippen MR) is 95.1 cm³/mol. The molecule has 7 nitrogen and oxygen atoms in total. The molecular weight excluding hydrogens is 336 g/mol. The summed E-state index contributed by atoms with van der Waals surface area (Å²) in [5.74, 6) is 0.588. The van der Waals surface area contributed by atoms with Gasteiger partial charge in [-0.2, -0.15) is 0 Å². The number of carbonyl (C=O) groups is 1. The van der Waals surface area contributed by atoms with E-state index in [9.17, 15) is 4.79 Å². The zero-order chi connectivity index (χ0) is 18.6. The summed E-state index contributed by atoms with van der Waals surface area (Å²) in [4.78, 5) is 14.3. The molecule has 0 bridgehead atoms. The molecule has 3 rings (SSSR count). The first-order chi connectivity index (χ1) is 12.5. The fourth-order valence-corrected chi connectivity index (χ4v) is 3.72. The van der Waals surface area contributed by atoms with Gasteiger partial charge in [-0.3, -0.25) is 4.79 Å².